The highest BCUT2D eigenvalue weighted by molar-refractivity contribution is 7.90. The van der Waals surface area contributed by atoms with Gasteiger partial charge in [-0.1, -0.05) is 24.3 Å². The zero-order chi connectivity index (χ0) is 16.9. The summed E-state index contributed by atoms with van der Waals surface area (Å²) in [5.74, 6) is -0.325. The van der Waals surface area contributed by atoms with Crippen molar-refractivity contribution in [1.82, 2.24) is 4.72 Å². The number of benzene rings is 2. The Hall–Kier alpha value is -2.87. The fraction of sp³-hybridized carbons (Fsp3) is 0.0667. The summed E-state index contributed by atoms with van der Waals surface area (Å²) in [6, 6.07) is 13.2. The highest BCUT2D eigenvalue weighted by Gasteiger charge is 2.18. The van der Waals surface area contributed by atoms with Gasteiger partial charge in [-0.3, -0.25) is 4.79 Å². The van der Waals surface area contributed by atoms with E-state index in [0.29, 0.717) is 11.4 Å². The third-order valence-corrected chi connectivity index (χ3v) is 4.05. The molecule has 0 saturated heterocycles. The third-order valence-electron chi connectivity index (χ3n) is 2.72. The molecule has 0 aromatic heterocycles. The summed E-state index contributed by atoms with van der Waals surface area (Å²) in [6.07, 6.45) is 0. The molecular weight excluding hydrogens is 318 g/mol. The average Bonchev–Trinajstić information content (AvgIpc) is 2.47. The van der Waals surface area contributed by atoms with E-state index in [-0.39, 0.29) is 10.8 Å². The van der Waals surface area contributed by atoms with Gasteiger partial charge in [0.1, 0.15) is 0 Å². The first-order chi connectivity index (χ1) is 10.9. The summed E-state index contributed by atoms with van der Waals surface area (Å²) < 4.78 is 26.3. The number of sulfonamides is 1. The lowest BCUT2D eigenvalue weighted by Crippen LogP contribution is -2.34. The first kappa shape index (κ1) is 16.5. The van der Waals surface area contributed by atoms with Crippen LogP contribution in [0.3, 0.4) is 0 Å². The Morgan fingerprint density at radius 2 is 1.52 bits per heavy atom. The molecule has 0 atom stereocenters. The van der Waals surface area contributed by atoms with Gasteiger partial charge in [-0.2, -0.15) is 0 Å². The molecule has 0 saturated carbocycles. The summed E-state index contributed by atoms with van der Waals surface area (Å²) >= 11 is 0. The number of carbonyl (C=O) groups is 2. The topological polar surface area (TPSA) is 104 Å². The number of amides is 3. The maximum atomic E-state index is 12.2. The summed E-state index contributed by atoms with van der Waals surface area (Å²) in [4.78, 5) is 22.7. The molecule has 0 fully saturated rings. The van der Waals surface area contributed by atoms with Crippen LogP contribution in [0.1, 0.15) is 6.92 Å². The average molecular weight is 333 g/mol. The number of carbonyl (C=O) groups excluding carboxylic acids is 2. The molecule has 0 unspecified atom stereocenters. The Balaban J connectivity index is 2.12. The molecular formula is C15H15N3O4S. The Labute approximate surface area is 133 Å². The third kappa shape index (κ3) is 4.82. The highest BCUT2D eigenvalue weighted by Crippen LogP contribution is 2.15. The van der Waals surface area contributed by atoms with Gasteiger partial charge in [0.15, 0.2) is 0 Å². The maximum absolute atomic E-state index is 12.2. The molecule has 2 aromatic rings. The number of hydrogen-bond donors (Lipinski definition) is 3. The largest absolute Gasteiger partial charge is 0.333 e. The fourth-order valence-corrected chi connectivity index (χ4v) is 2.76. The number of rotatable bonds is 4. The van der Waals surface area contributed by atoms with Crippen LogP contribution in [-0.2, 0) is 14.8 Å². The lowest BCUT2D eigenvalue weighted by atomic mass is 10.3. The molecule has 0 bridgehead atoms. The van der Waals surface area contributed by atoms with Gasteiger partial charge < -0.3 is 10.6 Å². The van der Waals surface area contributed by atoms with Gasteiger partial charge in [0.25, 0.3) is 10.0 Å². The molecule has 7 nitrogen and oxygen atoms in total. The van der Waals surface area contributed by atoms with Crippen LogP contribution in [0.15, 0.2) is 59.5 Å². The van der Waals surface area contributed by atoms with Crippen molar-refractivity contribution in [3.8, 4) is 0 Å². The van der Waals surface area contributed by atoms with Crippen molar-refractivity contribution in [2.75, 3.05) is 10.6 Å². The minimum atomic E-state index is -4.05. The van der Waals surface area contributed by atoms with Crippen LogP contribution < -0.4 is 15.4 Å². The number of hydrogen-bond acceptors (Lipinski definition) is 4. The molecule has 8 heteroatoms. The van der Waals surface area contributed by atoms with Gasteiger partial charge in [0.05, 0.1) is 4.90 Å². The second-order valence-electron chi connectivity index (χ2n) is 4.63. The molecule has 3 N–H and O–H groups in total. The molecule has 2 aromatic carbocycles. The van der Waals surface area contributed by atoms with Crippen LogP contribution in [0.25, 0.3) is 0 Å². The molecule has 2 rings (SSSR count). The van der Waals surface area contributed by atoms with Crippen molar-refractivity contribution < 1.29 is 18.0 Å². The molecule has 0 spiro atoms. The zero-order valence-corrected chi connectivity index (χ0v) is 13.1. The Morgan fingerprint density at radius 3 is 2.17 bits per heavy atom. The predicted molar refractivity (Wildman–Crippen MR) is 86.5 cm³/mol. The van der Waals surface area contributed by atoms with E-state index < -0.39 is 16.1 Å². The standard InChI is InChI=1S/C15H15N3O4S/c1-11(19)16-13-8-5-9-14(10-13)23(21,22)18-15(20)17-12-6-3-2-4-7-12/h2-10H,1H3,(H,16,19)(H2,17,18,20). The second-order valence-corrected chi connectivity index (χ2v) is 6.32. The van der Waals surface area contributed by atoms with Crippen molar-refractivity contribution in [2.45, 2.75) is 11.8 Å². The zero-order valence-electron chi connectivity index (χ0n) is 12.2. The normalized spacial score (nSPS) is 10.7. The molecule has 3 amide bonds. The van der Waals surface area contributed by atoms with Crippen molar-refractivity contribution in [1.29, 1.82) is 0 Å². The second kappa shape index (κ2) is 6.93. The van der Waals surface area contributed by atoms with Gasteiger partial charge in [0.2, 0.25) is 5.91 Å². The van der Waals surface area contributed by atoms with Crippen LogP contribution in [0.5, 0.6) is 0 Å². The van der Waals surface area contributed by atoms with Gasteiger partial charge in [-0.15, -0.1) is 0 Å². The van der Waals surface area contributed by atoms with E-state index in [1.807, 2.05) is 4.72 Å². The van der Waals surface area contributed by atoms with Crippen molar-refractivity contribution >= 4 is 33.3 Å². The summed E-state index contributed by atoms with van der Waals surface area (Å²) in [5.41, 5.74) is 0.788. The lowest BCUT2D eigenvalue weighted by Gasteiger charge is -2.10. The molecule has 0 aliphatic heterocycles. The first-order valence-corrected chi connectivity index (χ1v) is 8.12. The van der Waals surface area contributed by atoms with Crippen LogP contribution in [0, 0.1) is 0 Å². The van der Waals surface area contributed by atoms with E-state index in [9.17, 15) is 18.0 Å². The summed E-state index contributed by atoms with van der Waals surface area (Å²) in [5, 5.41) is 4.89. The molecule has 0 heterocycles. The summed E-state index contributed by atoms with van der Waals surface area (Å²) in [7, 11) is -4.05. The fourth-order valence-electron chi connectivity index (χ4n) is 1.80. The molecule has 0 aliphatic rings. The van der Waals surface area contributed by atoms with Gasteiger partial charge in [0, 0.05) is 18.3 Å². The number of urea groups is 1. The van der Waals surface area contributed by atoms with E-state index >= 15 is 0 Å². The van der Waals surface area contributed by atoms with Crippen molar-refractivity contribution in [3.05, 3.63) is 54.6 Å². The monoisotopic (exact) mass is 333 g/mol. The first-order valence-electron chi connectivity index (χ1n) is 6.63. The molecule has 0 radical (unpaired) electrons. The number of para-hydroxylation sites is 1. The molecule has 0 aliphatic carbocycles. The van der Waals surface area contributed by atoms with Gasteiger partial charge in [-0.05, 0) is 30.3 Å². The van der Waals surface area contributed by atoms with Crippen LogP contribution >= 0.6 is 0 Å². The number of nitrogens with one attached hydrogen (secondary N) is 3. The van der Waals surface area contributed by atoms with E-state index in [2.05, 4.69) is 10.6 Å². The molecule has 23 heavy (non-hydrogen) atoms. The Kier molecular flexibility index (Phi) is 4.97. The van der Waals surface area contributed by atoms with Crippen molar-refractivity contribution in [2.24, 2.45) is 0 Å². The van der Waals surface area contributed by atoms with Crippen LogP contribution in [-0.4, -0.2) is 20.4 Å². The Morgan fingerprint density at radius 1 is 0.870 bits per heavy atom. The predicted octanol–water partition coefficient (Wildman–Crippen LogP) is 2.16. The van der Waals surface area contributed by atoms with Crippen molar-refractivity contribution in [3.63, 3.8) is 0 Å². The van der Waals surface area contributed by atoms with E-state index in [4.69, 9.17) is 0 Å². The van der Waals surface area contributed by atoms with Gasteiger partial charge in [-0.25, -0.2) is 17.9 Å². The highest BCUT2D eigenvalue weighted by atomic mass is 32.2. The quantitative estimate of drug-likeness (QED) is 0.797. The minimum Gasteiger partial charge on any atom is -0.326 e. The number of anilines is 2. The smallest absolute Gasteiger partial charge is 0.326 e. The minimum absolute atomic E-state index is 0.132. The SMILES string of the molecule is CC(=O)Nc1cccc(S(=O)(=O)NC(=O)Nc2ccccc2)c1. The lowest BCUT2D eigenvalue weighted by molar-refractivity contribution is -0.114. The van der Waals surface area contributed by atoms with Crippen LogP contribution in [0.4, 0.5) is 16.2 Å². The Bertz CT molecular complexity index is 820. The van der Waals surface area contributed by atoms with E-state index in [0.717, 1.165) is 0 Å². The summed E-state index contributed by atoms with van der Waals surface area (Å²) in [6.45, 7) is 1.31. The van der Waals surface area contributed by atoms with Gasteiger partial charge >= 0.3 is 6.03 Å². The van der Waals surface area contributed by atoms with E-state index in [1.165, 1.54) is 25.1 Å². The molecule has 120 valence electrons. The maximum Gasteiger partial charge on any atom is 0.333 e. The van der Waals surface area contributed by atoms with Crippen LogP contribution in [0.2, 0.25) is 0 Å². The van der Waals surface area contributed by atoms with E-state index in [1.54, 1.807) is 36.4 Å².